The lowest BCUT2D eigenvalue weighted by molar-refractivity contribution is -0.160. The largest absolute Gasteiger partial charge is 0.501 e. The summed E-state index contributed by atoms with van der Waals surface area (Å²) in [5.74, 6) is -6.71. The van der Waals surface area contributed by atoms with E-state index in [9.17, 15) is 76.0 Å². The van der Waals surface area contributed by atoms with Gasteiger partial charge in [0, 0.05) is 33.4 Å². The highest BCUT2D eigenvalue weighted by atomic mass is 31.4. The molecule has 4 saturated heterocycles. The van der Waals surface area contributed by atoms with Crippen LogP contribution in [0.2, 0.25) is 0 Å². The molecule has 0 aromatic heterocycles. The molecule has 4 aliphatic heterocycles. The Bertz CT molecular complexity index is 2800. The summed E-state index contributed by atoms with van der Waals surface area (Å²) >= 11 is 0. The first-order chi connectivity index (χ1) is 38.9. The van der Waals surface area contributed by atoms with E-state index in [1.807, 2.05) is 0 Å². The number of ether oxygens (including phenoxy) is 8. The van der Waals surface area contributed by atoms with Crippen molar-refractivity contribution >= 4 is 94.7 Å². The summed E-state index contributed by atoms with van der Waals surface area (Å²) in [4.78, 5) is 131. The van der Waals surface area contributed by atoms with Gasteiger partial charge in [-0.15, -0.1) is 0 Å². The van der Waals surface area contributed by atoms with Gasteiger partial charge in [0.25, 0.3) is 0 Å². The number of rotatable bonds is 32. The first kappa shape index (κ1) is 82.0. The second-order valence-electron chi connectivity index (χ2n) is 19.3. The smallest absolute Gasteiger partial charge is 0.462 e. The van der Waals surface area contributed by atoms with Gasteiger partial charge in [0.2, 0.25) is 0 Å². The fourth-order valence-corrected chi connectivity index (χ4v) is 17.0. The number of phosphoric acid groups is 6. The van der Waals surface area contributed by atoms with Gasteiger partial charge in [-0.3, -0.25) is 18.6 Å². The van der Waals surface area contributed by atoms with Crippen molar-refractivity contribution in [1.82, 2.24) is 0 Å². The van der Waals surface area contributed by atoms with Gasteiger partial charge >= 0.3 is 94.7 Å². The molecule has 8 N–H and O–H groups in total. The van der Waals surface area contributed by atoms with E-state index in [1.54, 1.807) is 0 Å². The fraction of sp³-hybridized carbons (Fsp3) is 0.545. The molecule has 4 rings (SSSR count). The van der Waals surface area contributed by atoms with Crippen LogP contribution in [0.1, 0.15) is 68.2 Å². The highest BCUT2D eigenvalue weighted by Crippen LogP contribution is 3.00. The van der Waals surface area contributed by atoms with Crippen molar-refractivity contribution in [3.8, 4) is 0 Å². The lowest BCUT2D eigenvalue weighted by atomic mass is 9.86. The summed E-state index contributed by atoms with van der Waals surface area (Å²) in [5, 5.41) is 19.5. The van der Waals surface area contributed by atoms with E-state index in [0.29, 0.717) is 0 Å². The van der Waals surface area contributed by atoms with Crippen LogP contribution >= 0.6 is 46.9 Å². The average Bonchev–Trinajstić information content (AvgIpc) is 0.758. The number of phosphoric ester groups is 2. The van der Waals surface area contributed by atoms with E-state index in [4.69, 9.17) is 57.5 Å². The van der Waals surface area contributed by atoms with Crippen LogP contribution in [-0.4, -0.2) is 160 Å². The van der Waals surface area contributed by atoms with Crippen molar-refractivity contribution in [1.29, 1.82) is 0 Å². The van der Waals surface area contributed by atoms with Crippen LogP contribution in [-0.2, 0) is 139 Å². The molecule has 4 atom stereocenters. The maximum atomic E-state index is 12.6. The molecular formula is C44H68O37P6. The van der Waals surface area contributed by atoms with Crippen LogP contribution in [0.15, 0.2) is 72.9 Å². The molecule has 4 bridgehead atoms. The van der Waals surface area contributed by atoms with Crippen molar-refractivity contribution in [2.24, 2.45) is 10.8 Å². The third-order valence-corrected chi connectivity index (χ3v) is 20.1. The van der Waals surface area contributed by atoms with Crippen molar-refractivity contribution in [2.75, 3.05) is 52.9 Å². The van der Waals surface area contributed by atoms with E-state index in [-0.39, 0.29) is 65.0 Å². The third kappa shape index (κ3) is 31.3. The summed E-state index contributed by atoms with van der Waals surface area (Å²) in [6.45, 7) is 27.4. The summed E-state index contributed by atoms with van der Waals surface area (Å²) in [6.07, 6.45) is -6.04. The summed E-state index contributed by atoms with van der Waals surface area (Å²) in [5.41, 5.74) is -2.61. The van der Waals surface area contributed by atoms with E-state index in [1.165, 1.54) is 55.4 Å². The van der Waals surface area contributed by atoms with Crippen LogP contribution in [0.3, 0.4) is 0 Å². The molecule has 4 aliphatic rings. The summed E-state index contributed by atoms with van der Waals surface area (Å²) < 4.78 is 140. The lowest BCUT2D eigenvalue weighted by Gasteiger charge is -2.41. The van der Waals surface area contributed by atoms with Gasteiger partial charge < -0.3 is 73.2 Å². The SMILES string of the molecule is C=C(C)C(=O)OCC(COC(=O)C(=C)CC(C)(C)C(=O)OCC(COC(=O)C(=C)C)OP(=O)(O)O)OP(=O)(O)O.C=C(C)C(=O)OCC(O)COC(=O)C(=C)CC(C)(C)C(=O)OCC(O)COC(=O)C(=C)C.O.O=P12OP3(=O)OP(=O)(O1)OP(=O)(O2)O3. The molecular weight excluding hydrogens is 1310 g/mol. The molecule has 0 aromatic rings. The Labute approximate surface area is 496 Å². The van der Waals surface area contributed by atoms with Crippen LogP contribution in [0.4, 0.5) is 0 Å². The van der Waals surface area contributed by atoms with Gasteiger partial charge in [-0.2, -0.15) is 25.9 Å². The van der Waals surface area contributed by atoms with Gasteiger partial charge in [-0.05, 0) is 68.2 Å². The Kier molecular flexibility index (Phi) is 32.3. The molecule has 0 amide bonds. The summed E-state index contributed by atoms with van der Waals surface area (Å²) in [7, 11) is -27.8. The molecule has 0 aromatic carbocycles. The number of carbonyl (C=O) groups is 8. The third-order valence-electron chi connectivity index (χ3n) is 9.39. The minimum Gasteiger partial charge on any atom is -0.462 e. The Morgan fingerprint density at radius 3 is 0.839 bits per heavy atom. The van der Waals surface area contributed by atoms with Crippen molar-refractivity contribution < 1.29 is 174 Å². The Hall–Kier alpha value is -5.02. The molecule has 0 aliphatic carbocycles. The molecule has 0 radical (unpaired) electrons. The Morgan fingerprint density at radius 1 is 0.402 bits per heavy atom. The Morgan fingerprint density at radius 2 is 0.598 bits per heavy atom. The van der Waals surface area contributed by atoms with Crippen LogP contribution in [0.25, 0.3) is 0 Å². The number of esters is 8. The fourth-order valence-electron chi connectivity index (χ4n) is 5.42. The minimum absolute atomic E-state index is 0. The Balaban J connectivity index is 0.00000139. The van der Waals surface area contributed by atoms with Crippen LogP contribution < -0.4 is 0 Å². The monoisotopic (exact) mass is 1370 g/mol. The molecule has 87 heavy (non-hydrogen) atoms. The van der Waals surface area contributed by atoms with Crippen LogP contribution in [0, 0.1) is 10.8 Å². The number of hydrogen-bond acceptors (Lipinski definition) is 32. The van der Waals surface area contributed by atoms with Gasteiger partial charge in [0.15, 0.2) is 0 Å². The predicted molar refractivity (Wildman–Crippen MR) is 288 cm³/mol. The lowest BCUT2D eigenvalue weighted by Crippen LogP contribution is -2.34. The second-order valence-corrected chi connectivity index (χ2v) is 29.1. The quantitative estimate of drug-likeness (QED) is 0.0240. The molecule has 0 spiro atoms. The molecule has 0 saturated carbocycles. The topological polar surface area (TPSA) is 540 Å². The van der Waals surface area contributed by atoms with Crippen molar-refractivity contribution in [3.63, 3.8) is 0 Å². The molecule has 37 nitrogen and oxygen atoms in total. The first-order valence-electron chi connectivity index (χ1n) is 23.8. The number of aliphatic hydroxyl groups excluding tert-OH is 2. The van der Waals surface area contributed by atoms with Crippen LogP contribution in [0.5, 0.6) is 0 Å². The normalized spacial score (nSPS) is 21.4. The zero-order chi connectivity index (χ0) is 66.8. The van der Waals surface area contributed by atoms with Gasteiger partial charge in [0.1, 0.15) is 77.3 Å². The highest BCUT2D eigenvalue weighted by molar-refractivity contribution is 7.88. The molecule has 4 unspecified atom stereocenters. The highest BCUT2D eigenvalue weighted by Gasteiger charge is 2.74. The van der Waals surface area contributed by atoms with Crippen molar-refractivity contribution in [3.05, 3.63) is 72.9 Å². The molecule has 4 heterocycles. The zero-order valence-electron chi connectivity index (χ0n) is 47.7. The number of hydrogen-bond donors (Lipinski definition) is 6. The maximum Gasteiger partial charge on any atom is 0.501 e. The van der Waals surface area contributed by atoms with Gasteiger partial charge in [0.05, 0.1) is 10.8 Å². The maximum absolute atomic E-state index is 12.6. The summed E-state index contributed by atoms with van der Waals surface area (Å²) in [6, 6.07) is 0. The van der Waals surface area contributed by atoms with Gasteiger partial charge in [-0.25, -0.2) is 56.2 Å². The molecule has 496 valence electrons. The minimum atomic E-state index is -5.06. The zero-order valence-corrected chi connectivity index (χ0v) is 53.1. The van der Waals surface area contributed by atoms with E-state index in [0.717, 1.165) is 0 Å². The second kappa shape index (κ2) is 34.3. The van der Waals surface area contributed by atoms with E-state index >= 15 is 0 Å². The number of carbonyl (C=O) groups excluding carboxylic acids is 8. The first-order valence-corrected chi connectivity index (χ1v) is 32.7. The van der Waals surface area contributed by atoms with E-state index in [2.05, 4.69) is 74.4 Å². The molecule has 4 fully saturated rings. The number of aliphatic hydroxyl groups is 2. The average molecular weight is 1370 g/mol. The van der Waals surface area contributed by atoms with Gasteiger partial charge in [-0.1, -0.05) is 39.5 Å². The van der Waals surface area contributed by atoms with Crippen molar-refractivity contribution in [2.45, 2.75) is 92.6 Å². The predicted octanol–water partition coefficient (Wildman–Crippen LogP) is 3.98. The van der Waals surface area contributed by atoms with E-state index < -0.39 is 170 Å². The molecule has 43 heteroatoms. The standard InChI is InChI=1S/C22H34O16P2.C22H32O10.O10P4.H2O/c1-13(2)18(23)33-9-16(37-39(27,28)29)11-35-20(25)15(5)8-22(6,7)21(26)36-12-17(38-40(30,31)32)10-34-19(24)14(3)4;1-13(2)18(25)29-9-16(23)11-31-20(27)15(5)8-22(6,7)21(28)32-12-17(24)10-30-19(26)14(3)4;1-11-5-12(2)8-13(3,6-11)10-14(4,7-11)9-12;/h16-17H,1,3,5,8-12H2,2,4,6-7H3,(H2,27,28,29)(H2,30,31,32);16-17,23-24H,1,3,5,8-12H2,2,4,6-7H3;;1H2.